The zero-order valence-corrected chi connectivity index (χ0v) is 11.2. The second kappa shape index (κ2) is 5.75. The summed E-state index contributed by atoms with van der Waals surface area (Å²) in [6, 6.07) is 0. The van der Waals surface area contributed by atoms with Crippen LogP contribution in [-0.4, -0.2) is 46.4 Å². The number of rotatable bonds is 6. The number of aromatic nitrogens is 2. The lowest BCUT2D eigenvalue weighted by molar-refractivity contribution is 0.0273. The van der Waals surface area contributed by atoms with Gasteiger partial charge in [-0.2, -0.15) is 0 Å². The first kappa shape index (κ1) is 12.7. The number of hydrogen-bond donors (Lipinski definition) is 2. The molecular weight excluding hydrogens is 236 g/mol. The zero-order chi connectivity index (χ0) is 12.3. The highest BCUT2D eigenvalue weighted by Crippen LogP contribution is 2.28. The van der Waals surface area contributed by atoms with Gasteiger partial charge in [0.05, 0.1) is 12.6 Å². The Kier molecular flexibility index (Phi) is 4.31. The topological polar surface area (TPSA) is 61.3 Å². The SMILES string of the molecule is CCNc1nnc(CN(C)CC2CC(O)C2)s1. The predicted octanol–water partition coefficient (Wildman–Crippen LogP) is 1.17. The first-order valence-corrected chi connectivity index (χ1v) is 6.92. The molecule has 96 valence electrons. The molecule has 17 heavy (non-hydrogen) atoms. The highest BCUT2D eigenvalue weighted by Gasteiger charge is 2.27. The average molecular weight is 256 g/mol. The first-order chi connectivity index (χ1) is 8.17. The standard InChI is InChI=1S/C11H20N4OS/c1-3-12-11-14-13-10(17-11)7-15(2)6-8-4-9(16)5-8/h8-9,16H,3-7H2,1-2H3,(H,12,14). The summed E-state index contributed by atoms with van der Waals surface area (Å²) in [6.07, 6.45) is 1.84. The van der Waals surface area contributed by atoms with E-state index in [1.54, 1.807) is 11.3 Å². The molecule has 0 atom stereocenters. The molecule has 2 N–H and O–H groups in total. The van der Waals surface area contributed by atoms with E-state index < -0.39 is 0 Å². The summed E-state index contributed by atoms with van der Waals surface area (Å²) < 4.78 is 0. The van der Waals surface area contributed by atoms with E-state index in [1.807, 2.05) is 0 Å². The minimum atomic E-state index is -0.0599. The van der Waals surface area contributed by atoms with Crippen LogP contribution >= 0.6 is 11.3 Å². The molecule has 1 fully saturated rings. The lowest BCUT2D eigenvalue weighted by Crippen LogP contribution is -2.36. The van der Waals surface area contributed by atoms with Crippen molar-refractivity contribution in [2.45, 2.75) is 32.4 Å². The molecule has 1 aromatic rings. The Labute approximate surface area is 106 Å². The highest BCUT2D eigenvalue weighted by atomic mass is 32.1. The van der Waals surface area contributed by atoms with Crippen molar-refractivity contribution in [2.75, 3.05) is 25.5 Å². The molecule has 1 saturated carbocycles. The van der Waals surface area contributed by atoms with Gasteiger partial charge >= 0.3 is 0 Å². The Bertz CT molecular complexity index is 351. The molecule has 0 bridgehead atoms. The maximum Gasteiger partial charge on any atom is 0.205 e. The molecule has 0 saturated heterocycles. The number of anilines is 1. The summed E-state index contributed by atoms with van der Waals surface area (Å²) in [6.45, 7) is 4.81. The summed E-state index contributed by atoms with van der Waals surface area (Å²) in [5, 5.41) is 22.6. The van der Waals surface area contributed by atoms with Gasteiger partial charge < -0.3 is 10.4 Å². The number of nitrogens with zero attached hydrogens (tertiary/aromatic N) is 3. The molecule has 0 spiro atoms. The molecule has 6 heteroatoms. The van der Waals surface area contributed by atoms with Gasteiger partial charge in [0.15, 0.2) is 0 Å². The van der Waals surface area contributed by atoms with Crippen LogP contribution in [0.15, 0.2) is 0 Å². The molecule has 5 nitrogen and oxygen atoms in total. The molecule has 1 aromatic heterocycles. The van der Waals surface area contributed by atoms with Crippen molar-refractivity contribution < 1.29 is 5.11 Å². The van der Waals surface area contributed by atoms with Gasteiger partial charge in [0.2, 0.25) is 5.13 Å². The van der Waals surface area contributed by atoms with E-state index in [4.69, 9.17) is 0 Å². The Balaban J connectivity index is 1.75. The normalized spacial score (nSPS) is 23.8. The molecule has 0 aromatic carbocycles. The second-order valence-electron chi connectivity index (χ2n) is 4.72. The fourth-order valence-electron chi connectivity index (χ4n) is 2.13. The molecule has 0 aliphatic heterocycles. The van der Waals surface area contributed by atoms with Crippen molar-refractivity contribution in [1.29, 1.82) is 0 Å². The van der Waals surface area contributed by atoms with Crippen molar-refractivity contribution in [3.8, 4) is 0 Å². The number of aliphatic hydroxyl groups is 1. The third-order valence-corrected chi connectivity index (χ3v) is 3.85. The van der Waals surface area contributed by atoms with Crippen LogP contribution in [0.1, 0.15) is 24.8 Å². The lowest BCUT2D eigenvalue weighted by Gasteiger charge is -2.34. The van der Waals surface area contributed by atoms with Crippen molar-refractivity contribution in [1.82, 2.24) is 15.1 Å². The maximum absolute atomic E-state index is 9.24. The van der Waals surface area contributed by atoms with Gasteiger partial charge in [-0.1, -0.05) is 11.3 Å². The molecular formula is C11H20N4OS. The van der Waals surface area contributed by atoms with Crippen LogP contribution in [0.4, 0.5) is 5.13 Å². The van der Waals surface area contributed by atoms with Gasteiger partial charge in [-0.3, -0.25) is 4.90 Å². The fourth-order valence-corrected chi connectivity index (χ4v) is 3.01. The van der Waals surface area contributed by atoms with E-state index in [0.29, 0.717) is 5.92 Å². The van der Waals surface area contributed by atoms with E-state index in [2.05, 4.69) is 34.4 Å². The fraction of sp³-hybridized carbons (Fsp3) is 0.818. The first-order valence-electron chi connectivity index (χ1n) is 6.10. The second-order valence-corrected chi connectivity index (χ2v) is 5.78. The van der Waals surface area contributed by atoms with Crippen LogP contribution in [0.3, 0.4) is 0 Å². The Morgan fingerprint density at radius 1 is 1.47 bits per heavy atom. The number of hydrogen-bond acceptors (Lipinski definition) is 6. The third-order valence-electron chi connectivity index (χ3n) is 2.98. The van der Waals surface area contributed by atoms with E-state index in [0.717, 1.165) is 42.6 Å². The molecule has 1 aliphatic rings. The van der Waals surface area contributed by atoms with Crippen LogP contribution in [-0.2, 0) is 6.54 Å². The maximum atomic E-state index is 9.24. The van der Waals surface area contributed by atoms with Crippen LogP contribution in [0.2, 0.25) is 0 Å². The van der Waals surface area contributed by atoms with Crippen molar-refractivity contribution in [2.24, 2.45) is 5.92 Å². The molecule has 1 aliphatic carbocycles. The molecule has 0 amide bonds. The number of aliphatic hydroxyl groups excluding tert-OH is 1. The van der Waals surface area contributed by atoms with Crippen molar-refractivity contribution >= 4 is 16.5 Å². The Morgan fingerprint density at radius 3 is 2.88 bits per heavy atom. The lowest BCUT2D eigenvalue weighted by atomic mass is 9.82. The van der Waals surface area contributed by atoms with Gasteiger partial charge in [-0.05, 0) is 32.7 Å². The van der Waals surface area contributed by atoms with Gasteiger partial charge in [-0.15, -0.1) is 10.2 Å². The van der Waals surface area contributed by atoms with Crippen molar-refractivity contribution in [3.63, 3.8) is 0 Å². The Hall–Kier alpha value is -0.720. The summed E-state index contributed by atoms with van der Waals surface area (Å²) in [5.41, 5.74) is 0. The van der Waals surface area contributed by atoms with E-state index in [9.17, 15) is 5.11 Å². The third kappa shape index (κ3) is 3.62. The van der Waals surface area contributed by atoms with Crippen LogP contribution < -0.4 is 5.32 Å². The van der Waals surface area contributed by atoms with Gasteiger partial charge in [0.1, 0.15) is 5.01 Å². The summed E-state index contributed by atoms with van der Waals surface area (Å²) in [7, 11) is 2.10. The van der Waals surface area contributed by atoms with Crippen molar-refractivity contribution in [3.05, 3.63) is 5.01 Å². The molecule has 0 unspecified atom stereocenters. The molecule has 2 rings (SSSR count). The zero-order valence-electron chi connectivity index (χ0n) is 10.4. The van der Waals surface area contributed by atoms with Crippen LogP contribution in [0.25, 0.3) is 0 Å². The molecule has 0 radical (unpaired) electrons. The predicted molar refractivity (Wildman–Crippen MR) is 69.1 cm³/mol. The van der Waals surface area contributed by atoms with Crippen LogP contribution in [0.5, 0.6) is 0 Å². The average Bonchev–Trinajstić information content (AvgIpc) is 2.64. The Morgan fingerprint density at radius 2 is 2.24 bits per heavy atom. The van der Waals surface area contributed by atoms with Gasteiger partial charge in [0.25, 0.3) is 0 Å². The van der Waals surface area contributed by atoms with Crippen LogP contribution in [0, 0.1) is 5.92 Å². The monoisotopic (exact) mass is 256 g/mol. The van der Waals surface area contributed by atoms with E-state index >= 15 is 0 Å². The minimum Gasteiger partial charge on any atom is -0.393 e. The van der Waals surface area contributed by atoms with Gasteiger partial charge in [0, 0.05) is 13.1 Å². The van der Waals surface area contributed by atoms with E-state index in [-0.39, 0.29) is 6.10 Å². The summed E-state index contributed by atoms with van der Waals surface area (Å²) in [4.78, 5) is 2.26. The highest BCUT2D eigenvalue weighted by molar-refractivity contribution is 7.15. The smallest absolute Gasteiger partial charge is 0.205 e. The largest absolute Gasteiger partial charge is 0.393 e. The molecule has 1 heterocycles. The van der Waals surface area contributed by atoms with Gasteiger partial charge in [-0.25, -0.2) is 0 Å². The summed E-state index contributed by atoms with van der Waals surface area (Å²) in [5.74, 6) is 0.649. The quantitative estimate of drug-likeness (QED) is 0.800. The summed E-state index contributed by atoms with van der Waals surface area (Å²) >= 11 is 1.61. The minimum absolute atomic E-state index is 0.0599. The van der Waals surface area contributed by atoms with E-state index in [1.165, 1.54) is 0 Å². The number of nitrogens with one attached hydrogen (secondary N) is 1.